The Morgan fingerprint density at radius 1 is 1.13 bits per heavy atom. The van der Waals surface area contributed by atoms with Crippen LogP contribution < -0.4 is 5.32 Å². The lowest BCUT2D eigenvalue weighted by molar-refractivity contribution is -0.116. The number of rotatable bonds is 5. The van der Waals surface area contributed by atoms with Gasteiger partial charge in [0.05, 0.1) is 0 Å². The summed E-state index contributed by atoms with van der Waals surface area (Å²) < 4.78 is 0. The summed E-state index contributed by atoms with van der Waals surface area (Å²) in [5, 5.41) is 4.79. The number of fused-ring (bicyclic) bond motifs is 1. The maximum atomic E-state index is 11.8. The zero-order valence-corrected chi connectivity index (χ0v) is 13.3. The Bertz CT molecular complexity index is 834. The van der Waals surface area contributed by atoms with Crippen molar-refractivity contribution in [2.75, 3.05) is 6.54 Å². The topological polar surface area (TPSA) is 44.9 Å². The van der Waals surface area contributed by atoms with Crippen molar-refractivity contribution in [3.05, 3.63) is 77.0 Å². The Hall–Kier alpha value is -2.52. The number of aromatic nitrogens is 1. The van der Waals surface area contributed by atoms with Gasteiger partial charge in [0.1, 0.15) is 0 Å². The van der Waals surface area contributed by atoms with E-state index in [2.05, 4.69) is 16.4 Å². The number of H-pyrrole nitrogens is 1. The van der Waals surface area contributed by atoms with Crippen molar-refractivity contribution in [1.29, 1.82) is 0 Å². The molecule has 1 heterocycles. The molecule has 0 unspecified atom stereocenters. The number of carbonyl (C=O) groups is 1. The molecule has 3 nitrogen and oxygen atoms in total. The molecule has 0 aliphatic rings. The molecule has 0 saturated heterocycles. The number of amides is 1. The largest absolute Gasteiger partial charge is 0.361 e. The van der Waals surface area contributed by atoms with Crippen LogP contribution in [0.2, 0.25) is 5.02 Å². The molecule has 1 aromatic heterocycles. The summed E-state index contributed by atoms with van der Waals surface area (Å²) in [7, 11) is 0. The summed E-state index contributed by atoms with van der Waals surface area (Å²) in [6.07, 6.45) is 6.11. The zero-order chi connectivity index (χ0) is 16.1. The lowest BCUT2D eigenvalue weighted by atomic mass is 10.1. The molecule has 116 valence electrons. The zero-order valence-electron chi connectivity index (χ0n) is 12.6. The molecule has 0 spiro atoms. The van der Waals surface area contributed by atoms with Crippen molar-refractivity contribution in [2.45, 2.75) is 6.42 Å². The first kappa shape index (κ1) is 15.4. The average Bonchev–Trinajstić information content (AvgIpc) is 2.98. The number of benzene rings is 2. The van der Waals surface area contributed by atoms with E-state index in [1.54, 1.807) is 24.3 Å². The molecule has 0 saturated carbocycles. The highest BCUT2D eigenvalue weighted by Gasteiger charge is 2.03. The van der Waals surface area contributed by atoms with E-state index < -0.39 is 0 Å². The highest BCUT2D eigenvalue weighted by atomic mass is 35.5. The highest BCUT2D eigenvalue weighted by Crippen LogP contribution is 2.17. The number of halogens is 1. The van der Waals surface area contributed by atoms with Crippen LogP contribution in [0.25, 0.3) is 17.0 Å². The van der Waals surface area contributed by atoms with E-state index in [4.69, 9.17) is 11.6 Å². The fraction of sp³-hybridized carbons (Fsp3) is 0.105. The number of para-hydroxylation sites is 1. The third kappa shape index (κ3) is 4.02. The summed E-state index contributed by atoms with van der Waals surface area (Å²) in [6.45, 7) is 0.603. The molecule has 0 aliphatic heterocycles. The molecule has 2 aromatic carbocycles. The maximum absolute atomic E-state index is 11.8. The van der Waals surface area contributed by atoms with Crippen molar-refractivity contribution < 1.29 is 4.79 Å². The predicted octanol–water partition coefficient (Wildman–Crippen LogP) is 4.19. The molecule has 23 heavy (non-hydrogen) atoms. The van der Waals surface area contributed by atoms with Gasteiger partial charge in [0.15, 0.2) is 0 Å². The van der Waals surface area contributed by atoms with Crippen LogP contribution in [-0.4, -0.2) is 17.4 Å². The minimum absolute atomic E-state index is 0.0974. The fourth-order valence-electron chi connectivity index (χ4n) is 2.46. The minimum Gasteiger partial charge on any atom is -0.361 e. The number of hydrogen-bond acceptors (Lipinski definition) is 1. The van der Waals surface area contributed by atoms with Gasteiger partial charge in [0.2, 0.25) is 5.91 Å². The van der Waals surface area contributed by atoms with E-state index in [9.17, 15) is 4.79 Å². The Labute approximate surface area is 140 Å². The van der Waals surface area contributed by atoms with E-state index >= 15 is 0 Å². The lowest BCUT2D eigenvalue weighted by Gasteiger charge is -2.02. The van der Waals surface area contributed by atoms with Gasteiger partial charge < -0.3 is 10.3 Å². The van der Waals surface area contributed by atoms with Crippen LogP contribution >= 0.6 is 11.6 Å². The minimum atomic E-state index is -0.0974. The fourth-order valence-corrected chi connectivity index (χ4v) is 2.59. The van der Waals surface area contributed by atoms with Crippen LogP contribution in [0, 0.1) is 0 Å². The van der Waals surface area contributed by atoms with Gasteiger partial charge in [-0.3, -0.25) is 4.79 Å². The first-order valence-corrected chi connectivity index (χ1v) is 7.86. The molecule has 4 heteroatoms. The molecule has 0 aliphatic carbocycles. The molecule has 3 rings (SSSR count). The summed E-state index contributed by atoms with van der Waals surface area (Å²) in [4.78, 5) is 15.1. The van der Waals surface area contributed by atoms with Gasteiger partial charge in [-0.15, -0.1) is 0 Å². The van der Waals surface area contributed by atoms with Gasteiger partial charge in [0.25, 0.3) is 0 Å². The number of aromatic amines is 1. The normalized spacial score (nSPS) is 11.2. The predicted molar refractivity (Wildman–Crippen MR) is 95.5 cm³/mol. The van der Waals surface area contributed by atoms with E-state index in [0.29, 0.717) is 11.6 Å². The van der Waals surface area contributed by atoms with Crippen LogP contribution in [0.15, 0.2) is 60.8 Å². The summed E-state index contributed by atoms with van der Waals surface area (Å²) in [5.41, 5.74) is 3.28. The van der Waals surface area contributed by atoms with Gasteiger partial charge in [0, 0.05) is 34.7 Å². The summed E-state index contributed by atoms with van der Waals surface area (Å²) in [5.74, 6) is -0.0974. The first-order chi connectivity index (χ1) is 11.2. The molecule has 2 N–H and O–H groups in total. The standard InChI is InChI=1S/C19H17ClN2O/c20-16-8-5-14(6-9-16)7-10-19(23)21-12-11-15-13-22-18-4-2-1-3-17(15)18/h1-10,13,22H,11-12H2,(H,21,23)/b10-7+. The van der Waals surface area contributed by atoms with Crippen molar-refractivity contribution in [1.82, 2.24) is 10.3 Å². The molecular weight excluding hydrogens is 308 g/mol. The van der Waals surface area contributed by atoms with Gasteiger partial charge in [-0.1, -0.05) is 41.9 Å². The van der Waals surface area contributed by atoms with Crippen molar-refractivity contribution in [3.63, 3.8) is 0 Å². The Morgan fingerprint density at radius 3 is 2.74 bits per heavy atom. The Kier molecular flexibility index (Phi) is 4.79. The number of hydrogen-bond donors (Lipinski definition) is 2. The summed E-state index contributed by atoms with van der Waals surface area (Å²) >= 11 is 5.83. The third-order valence-corrected chi connectivity index (χ3v) is 3.92. The monoisotopic (exact) mass is 324 g/mol. The average molecular weight is 325 g/mol. The lowest BCUT2D eigenvalue weighted by Crippen LogP contribution is -2.23. The van der Waals surface area contributed by atoms with Crippen molar-refractivity contribution in [2.24, 2.45) is 0 Å². The van der Waals surface area contributed by atoms with Gasteiger partial charge >= 0.3 is 0 Å². The molecule has 0 radical (unpaired) electrons. The maximum Gasteiger partial charge on any atom is 0.244 e. The molecule has 0 atom stereocenters. The second-order valence-electron chi connectivity index (χ2n) is 5.29. The second kappa shape index (κ2) is 7.16. The van der Waals surface area contributed by atoms with Crippen molar-refractivity contribution >= 4 is 34.5 Å². The van der Waals surface area contributed by atoms with Gasteiger partial charge in [-0.25, -0.2) is 0 Å². The van der Waals surface area contributed by atoms with E-state index in [0.717, 1.165) is 17.5 Å². The SMILES string of the molecule is O=C(/C=C/c1ccc(Cl)cc1)NCCc1c[nH]c2ccccc12. The highest BCUT2D eigenvalue weighted by molar-refractivity contribution is 6.30. The van der Waals surface area contributed by atoms with Crippen LogP contribution in [-0.2, 0) is 11.2 Å². The van der Waals surface area contributed by atoms with Crippen LogP contribution in [0.1, 0.15) is 11.1 Å². The van der Waals surface area contributed by atoms with Crippen LogP contribution in [0.5, 0.6) is 0 Å². The molecular formula is C19H17ClN2O. The second-order valence-corrected chi connectivity index (χ2v) is 5.72. The number of carbonyl (C=O) groups excluding carboxylic acids is 1. The van der Waals surface area contributed by atoms with E-state index in [-0.39, 0.29) is 5.91 Å². The van der Waals surface area contributed by atoms with Gasteiger partial charge in [-0.2, -0.15) is 0 Å². The molecule has 0 bridgehead atoms. The van der Waals surface area contributed by atoms with Crippen molar-refractivity contribution in [3.8, 4) is 0 Å². The molecule has 3 aromatic rings. The van der Waals surface area contributed by atoms with Crippen LogP contribution in [0.4, 0.5) is 0 Å². The Balaban J connectivity index is 1.52. The third-order valence-electron chi connectivity index (χ3n) is 3.67. The number of nitrogens with one attached hydrogen (secondary N) is 2. The summed E-state index contributed by atoms with van der Waals surface area (Å²) in [6, 6.07) is 15.5. The first-order valence-electron chi connectivity index (χ1n) is 7.49. The van der Waals surface area contributed by atoms with Crippen LogP contribution in [0.3, 0.4) is 0 Å². The van der Waals surface area contributed by atoms with Gasteiger partial charge in [-0.05, 0) is 41.8 Å². The molecule has 0 fully saturated rings. The van der Waals surface area contributed by atoms with E-state index in [1.807, 2.05) is 36.5 Å². The van der Waals surface area contributed by atoms with E-state index in [1.165, 1.54) is 10.9 Å². The molecule has 1 amide bonds. The smallest absolute Gasteiger partial charge is 0.244 e. The Morgan fingerprint density at radius 2 is 1.91 bits per heavy atom. The quantitative estimate of drug-likeness (QED) is 0.679.